The Morgan fingerprint density at radius 2 is 0.656 bits per heavy atom. The van der Waals surface area contributed by atoms with Gasteiger partial charge in [-0.3, -0.25) is 0 Å². The second-order valence-electron chi connectivity index (χ2n) is 6.76. The molecule has 0 heterocycles. The van der Waals surface area contributed by atoms with Gasteiger partial charge in [-0.15, -0.1) is 0 Å². The van der Waals surface area contributed by atoms with Crippen LogP contribution in [0.3, 0.4) is 0 Å². The van der Waals surface area contributed by atoms with Crippen molar-refractivity contribution >= 4 is 0 Å². The lowest BCUT2D eigenvalue weighted by molar-refractivity contribution is 0.377. The summed E-state index contributed by atoms with van der Waals surface area (Å²) >= 11 is 0. The summed E-state index contributed by atoms with van der Waals surface area (Å²) in [5, 5.41) is 0. The SMILES string of the molecule is COc1cc(OC)cc(-c2c(OC)cc(-c3c(OC)cc(OC)cc3OC)cc2OC)c1. The summed E-state index contributed by atoms with van der Waals surface area (Å²) in [5.74, 6) is 4.35. The van der Waals surface area contributed by atoms with Gasteiger partial charge in [0.2, 0.25) is 0 Å². The van der Waals surface area contributed by atoms with Gasteiger partial charge in [0.15, 0.2) is 0 Å². The first-order valence-corrected chi connectivity index (χ1v) is 9.83. The molecule has 0 aliphatic heterocycles. The van der Waals surface area contributed by atoms with Crippen LogP contribution in [-0.4, -0.2) is 49.8 Å². The van der Waals surface area contributed by atoms with Gasteiger partial charge in [-0.1, -0.05) is 0 Å². The Labute approximate surface area is 188 Å². The number of hydrogen-bond donors (Lipinski definition) is 0. The van der Waals surface area contributed by atoms with Crippen molar-refractivity contribution in [2.75, 3.05) is 49.8 Å². The molecule has 0 aliphatic rings. The van der Waals surface area contributed by atoms with E-state index >= 15 is 0 Å². The number of methoxy groups -OCH3 is 7. The Kier molecular flexibility index (Phi) is 7.20. The Morgan fingerprint density at radius 1 is 0.344 bits per heavy atom. The van der Waals surface area contributed by atoms with E-state index < -0.39 is 0 Å². The fourth-order valence-electron chi connectivity index (χ4n) is 3.58. The second-order valence-corrected chi connectivity index (χ2v) is 6.76. The van der Waals surface area contributed by atoms with Gasteiger partial charge in [0, 0.05) is 18.2 Å². The van der Waals surface area contributed by atoms with Crippen molar-refractivity contribution in [2.24, 2.45) is 0 Å². The first-order valence-electron chi connectivity index (χ1n) is 9.83. The first-order chi connectivity index (χ1) is 15.5. The molecule has 0 atom stereocenters. The highest BCUT2D eigenvalue weighted by Gasteiger charge is 2.21. The molecule has 0 N–H and O–H groups in total. The van der Waals surface area contributed by atoms with E-state index in [-0.39, 0.29) is 0 Å². The minimum Gasteiger partial charge on any atom is -0.497 e. The number of benzene rings is 3. The third kappa shape index (κ3) is 4.32. The Balaban J connectivity index is 2.29. The van der Waals surface area contributed by atoms with Crippen molar-refractivity contribution in [2.45, 2.75) is 0 Å². The molecule has 0 bridgehead atoms. The van der Waals surface area contributed by atoms with Gasteiger partial charge in [0.1, 0.15) is 40.2 Å². The number of rotatable bonds is 9. The molecule has 0 aromatic heterocycles. The summed E-state index contributed by atoms with van der Waals surface area (Å²) in [6.07, 6.45) is 0. The van der Waals surface area contributed by atoms with Gasteiger partial charge in [-0.05, 0) is 35.4 Å². The van der Waals surface area contributed by atoms with Crippen LogP contribution in [0.4, 0.5) is 0 Å². The topological polar surface area (TPSA) is 64.6 Å². The van der Waals surface area contributed by atoms with Crippen molar-refractivity contribution in [1.29, 1.82) is 0 Å². The zero-order chi connectivity index (χ0) is 23.3. The summed E-state index contributed by atoms with van der Waals surface area (Å²) in [5.41, 5.74) is 3.15. The largest absolute Gasteiger partial charge is 0.497 e. The van der Waals surface area contributed by atoms with E-state index in [2.05, 4.69) is 0 Å². The normalized spacial score (nSPS) is 10.3. The molecule has 0 saturated heterocycles. The fraction of sp³-hybridized carbons (Fsp3) is 0.280. The van der Waals surface area contributed by atoms with E-state index in [1.165, 1.54) is 0 Å². The van der Waals surface area contributed by atoms with Crippen LogP contribution in [-0.2, 0) is 0 Å². The number of ether oxygens (including phenoxy) is 7. The number of hydrogen-bond acceptors (Lipinski definition) is 7. The van der Waals surface area contributed by atoms with Crippen molar-refractivity contribution in [3.63, 3.8) is 0 Å². The molecular formula is C25H28O7. The van der Waals surface area contributed by atoms with Crippen LogP contribution in [0.1, 0.15) is 0 Å². The lowest BCUT2D eigenvalue weighted by Crippen LogP contribution is -1.99. The fourth-order valence-corrected chi connectivity index (χ4v) is 3.58. The van der Waals surface area contributed by atoms with Gasteiger partial charge in [0.05, 0.1) is 60.9 Å². The Bertz CT molecular complexity index is 1020. The summed E-state index contributed by atoms with van der Waals surface area (Å²) in [4.78, 5) is 0. The molecule has 0 aliphatic carbocycles. The molecule has 3 aromatic rings. The molecule has 3 rings (SSSR count). The van der Waals surface area contributed by atoms with Gasteiger partial charge in [-0.2, -0.15) is 0 Å². The zero-order valence-corrected chi connectivity index (χ0v) is 19.4. The predicted octanol–water partition coefficient (Wildman–Crippen LogP) is 5.08. The zero-order valence-electron chi connectivity index (χ0n) is 19.4. The van der Waals surface area contributed by atoms with Crippen LogP contribution in [0.5, 0.6) is 40.2 Å². The molecule has 7 nitrogen and oxygen atoms in total. The lowest BCUT2D eigenvalue weighted by Gasteiger charge is -2.19. The molecule has 0 spiro atoms. The maximum absolute atomic E-state index is 5.78. The maximum Gasteiger partial charge on any atom is 0.134 e. The van der Waals surface area contributed by atoms with Gasteiger partial charge in [0.25, 0.3) is 0 Å². The minimum absolute atomic E-state index is 0.598. The highest BCUT2D eigenvalue weighted by Crippen LogP contribution is 2.48. The molecule has 0 amide bonds. The van der Waals surface area contributed by atoms with E-state index in [1.807, 2.05) is 30.3 Å². The smallest absolute Gasteiger partial charge is 0.134 e. The molecule has 0 unspecified atom stereocenters. The van der Waals surface area contributed by atoms with Crippen LogP contribution in [0.15, 0.2) is 42.5 Å². The van der Waals surface area contributed by atoms with E-state index in [1.54, 1.807) is 61.9 Å². The average molecular weight is 440 g/mol. The van der Waals surface area contributed by atoms with Crippen molar-refractivity contribution < 1.29 is 33.2 Å². The molecule has 7 heteroatoms. The van der Waals surface area contributed by atoms with Crippen molar-refractivity contribution in [3.8, 4) is 62.5 Å². The second kappa shape index (κ2) is 10.0. The van der Waals surface area contributed by atoms with Crippen LogP contribution in [0.2, 0.25) is 0 Å². The van der Waals surface area contributed by atoms with Crippen molar-refractivity contribution in [3.05, 3.63) is 42.5 Å². The molecule has 32 heavy (non-hydrogen) atoms. The van der Waals surface area contributed by atoms with Crippen LogP contribution < -0.4 is 33.2 Å². The third-order valence-electron chi connectivity index (χ3n) is 5.15. The van der Waals surface area contributed by atoms with E-state index in [4.69, 9.17) is 33.2 Å². The molecular weight excluding hydrogens is 412 g/mol. The highest BCUT2D eigenvalue weighted by atomic mass is 16.5. The van der Waals surface area contributed by atoms with Crippen LogP contribution >= 0.6 is 0 Å². The summed E-state index contributed by atoms with van der Waals surface area (Å²) in [6, 6.07) is 13.0. The van der Waals surface area contributed by atoms with Crippen LogP contribution in [0, 0.1) is 0 Å². The molecule has 3 aromatic carbocycles. The van der Waals surface area contributed by atoms with E-state index in [0.717, 1.165) is 22.3 Å². The van der Waals surface area contributed by atoms with Gasteiger partial charge in [-0.25, -0.2) is 0 Å². The molecule has 0 fully saturated rings. The maximum atomic E-state index is 5.78. The van der Waals surface area contributed by atoms with Gasteiger partial charge < -0.3 is 33.2 Å². The molecule has 0 radical (unpaired) electrons. The highest BCUT2D eigenvalue weighted by molar-refractivity contribution is 5.87. The van der Waals surface area contributed by atoms with E-state index in [9.17, 15) is 0 Å². The third-order valence-corrected chi connectivity index (χ3v) is 5.15. The monoisotopic (exact) mass is 440 g/mol. The predicted molar refractivity (Wildman–Crippen MR) is 123 cm³/mol. The van der Waals surface area contributed by atoms with E-state index in [0.29, 0.717) is 40.2 Å². The lowest BCUT2D eigenvalue weighted by atomic mass is 9.96. The van der Waals surface area contributed by atoms with Crippen molar-refractivity contribution in [1.82, 2.24) is 0 Å². The summed E-state index contributed by atoms with van der Waals surface area (Å²) in [7, 11) is 11.2. The van der Waals surface area contributed by atoms with Gasteiger partial charge >= 0.3 is 0 Å². The Hall–Kier alpha value is -3.74. The average Bonchev–Trinajstić information content (AvgIpc) is 2.86. The summed E-state index contributed by atoms with van der Waals surface area (Å²) in [6.45, 7) is 0. The molecule has 0 saturated carbocycles. The first kappa shape index (κ1) is 22.9. The minimum atomic E-state index is 0.598. The summed E-state index contributed by atoms with van der Waals surface area (Å²) < 4.78 is 39.1. The standard InChI is InChI=1S/C25H28O7/c1-26-17-8-15(9-18(12-17)27-2)24-20(29-4)10-16(11-21(24)30-5)25-22(31-6)13-19(28-3)14-23(25)32-7/h8-14H,1-7H3. The molecule has 170 valence electrons. The Morgan fingerprint density at radius 3 is 1.00 bits per heavy atom. The van der Waals surface area contributed by atoms with Crippen LogP contribution in [0.25, 0.3) is 22.3 Å². The quantitative estimate of drug-likeness (QED) is 0.460.